The molecule has 1 fully saturated rings. The molecular formula is C17H28O4. The molecule has 2 atom stereocenters. The summed E-state index contributed by atoms with van der Waals surface area (Å²) in [7, 11) is 0. The molecule has 4 nitrogen and oxygen atoms in total. The van der Waals surface area contributed by atoms with E-state index in [2.05, 4.69) is 13.5 Å². The minimum absolute atomic E-state index is 0.0179. The number of hydrogen-bond donors (Lipinski definition) is 0. The van der Waals surface area contributed by atoms with Gasteiger partial charge in [0.2, 0.25) is 0 Å². The molecule has 0 aromatic carbocycles. The molecule has 0 aliphatic carbocycles. The van der Waals surface area contributed by atoms with E-state index in [1.807, 2.05) is 0 Å². The molecule has 0 aromatic rings. The summed E-state index contributed by atoms with van der Waals surface area (Å²) < 4.78 is 10.3. The van der Waals surface area contributed by atoms with Crippen LogP contribution in [0.5, 0.6) is 0 Å². The van der Waals surface area contributed by atoms with Crippen LogP contribution in [0.15, 0.2) is 12.2 Å². The molecule has 0 radical (unpaired) electrons. The van der Waals surface area contributed by atoms with Gasteiger partial charge in [0.1, 0.15) is 6.10 Å². The number of hydrogen-bond acceptors (Lipinski definition) is 4. The summed E-state index contributed by atoms with van der Waals surface area (Å²) in [6, 6.07) is 0. The number of rotatable bonds is 10. The van der Waals surface area contributed by atoms with Gasteiger partial charge in [-0.1, -0.05) is 32.8 Å². The largest absolute Gasteiger partial charge is 0.463 e. The summed E-state index contributed by atoms with van der Waals surface area (Å²) in [5.41, 5.74) is 0.487. The molecule has 0 aromatic heterocycles. The third-order valence-electron chi connectivity index (χ3n) is 3.96. The Bertz CT molecular complexity index is 362. The van der Waals surface area contributed by atoms with Crippen molar-refractivity contribution in [3.63, 3.8) is 0 Å². The number of cyclic esters (lactones) is 1. The fourth-order valence-corrected chi connectivity index (χ4v) is 2.71. The molecule has 0 N–H and O–H groups in total. The van der Waals surface area contributed by atoms with Crippen molar-refractivity contribution in [1.82, 2.24) is 0 Å². The molecule has 1 aliphatic heterocycles. The Hall–Kier alpha value is -1.32. The Morgan fingerprint density at radius 2 is 2.05 bits per heavy atom. The van der Waals surface area contributed by atoms with Crippen LogP contribution in [-0.4, -0.2) is 24.6 Å². The average molecular weight is 296 g/mol. The van der Waals surface area contributed by atoms with Gasteiger partial charge in [-0.05, 0) is 32.6 Å². The van der Waals surface area contributed by atoms with Crippen LogP contribution in [-0.2, 0) is 19.1 Å². The normalized spacial score (nSPS) is 21.1. The van der Waals surface area contributed by atoms with E-state index in [0.717, 1.165) is 19.3 Å². The molecule has 1 saturated heterocycles. The lowest BCUT2D eigenvalue weighted by Crippen LogP contribution is -2.17. The summed E-state index contributed by atoms with van der Waals surface area (Å²) in [4.78, 5) is 23.0. The highest BCUT2D eigenvalue weighted by atomic mass is 16.6. The van der Waals surface area contributed by atoms with Crippen LogP contribution in [0.25, 0.3) is 0 Å². The topological polar surface area (TPSA) is 52.6 Å². The van der Waals surface area contributed by atoms with Crippen molar-refractivity contribution in [2.24, 2.45) is 5.92 Å². The number of carbonyl (C=O) groups excluding carboxylic acids is 2. The first-order valence-electron chi connectivity index (χ1n) is 8.12. The Labute approximate surface area is 127 Å². The van der Waals surface area contributed by atoms with Gasteiger partial charge in [-0.3, -0.25) is 4.79 Å². The van der Waals surface area contributed by atoms with Crippen molar-refractivity contribution >= 4 is 11.9 Å². The molecule has 21 heavy (non-hydrogen) atoms. The van der Waals surface area contributed by atoms with Gasteiger partial charge in [0, 0.05) is 11.5 Å². The van der Waals surface area contributed by atoms with Crippen molar-refractivity contribution in [1.29, 1.82) is 0 Å². The highest BCUT2D eigenvalue weighted by Crippen LogP contribution is 2.31. The molecule has 1 heterocycles. The monoisotopic (exact) mass is 296 g/mol. The van der Waals surface area contributed by atoms with Crippen molar-refractivity contribution in [2.75, 3.05) is 6.61 Å². The highest BCUT2D eigenvalue weighted by Gasteiger charge is 2.34. The molecule has 4 heteroatoms. The van der Waals surface area contributed by atoms with E-state index < -0.39 is 0 Å². The first kappa shape index (κ1) is 17.7. The van der Waals surface area contributed by atoms with Gasteiger partial charge in [0.15, 0.2) is 0 Å². The fraction of sp³-hybridized carbons (Fsp3) is 0.765. The van der Waals surface area contributed by atoms with Gasteiger partial charge >= 0.3 is 11.9 Å². The van der Waals surface area contributed by atoms with E-state index in [1.165, 1.54) is 19.3 Å². The maximum absolute atomic E-state index is 11.5. The summed E-state index contributed by atoms with van der Waals surface area (Å²) in [6.07, 6.45) is 7.47. The average Bonchev–Trinajstić information content (AvgIpc) is 2.81. The van der Waals surface area contributed by atoms with Crippen LogP contribution < -0.4 is 0 Å². The number of unbranched alkanes of at least 4 members (excludes halogenated alkanes) is 3. The third-order valence-corrected chi connectivity index (χ3v) is 3.96. The number of ether oxygens (including phenoxy) is 2. The maximum Gasteiger partial charge on any atom is 0.333 e. The van der Waals surface area contributed by atoms with Crippen molar-refractivity contribution in [2.45, 2.75) is 71.3 Å². The fourth-order valence-electron chi connectivity index (χ4n) is 2.71. The summed E-state index contributed by atoms with van der Waals surface area (Å²) in [5, 5.41) is 0. The minimum atomic E-state index is -0.331. The van der Waals surface area contributed by atoms with Gasteiger partial charge in [-0.2, -0.15) is 0 Å². The van der Waals surface area contributed by atoms with E-state index in [9.17, 15) is 9.59 Å². The molecule has 0 amide bonds. The molecule has 0 bridgehead atoms. The van der Waals surface area contributed by atoms with Crippen molar-refractivity contribution in [3.8, 4) is 0 Å². The van der Waals surface area contributed by atoms with E-state index in [-0.39, 0.29) is 24.0 Å². The van der Waals surface area contributed by atoms with Crippen LogP contribution in [0, 0.1) is 5.92 Å². The Kier molecular flexibility index (Phi) is 8.09. The Morgan fingerprint density at radius 3 is 2.71 bits per heavy atom. The molecule has 0 unspecified atom stereocenters. The van der Waals surface area contributed by atoms with Crippen molar-refractivity contribution in [3.05, 3.63) is 12.2 Å². The van der Waals surface area contributed by atoms with E-state index in [4.69, 9.17) is 9.47 Å². The van der Waals surface area contributed by atoms with Gasteiger partial charge in [0.05, 0.1) is 13.0 Å². The SMILES string of the molecule is C=C(CC[C@H]1CC(=O)O[C@@H]1CCCCCC)C(=O)OCC. The van der Waals surface area contributed by atoms with E-state index in [0.29, 0.717) is 25.0 Å². The molecule has 0 saturated carbocycles. The zero-order valence-corrected chi connectivity index (χ0v) is 13.4. The highest BCUT2D eigenvalue weighted by molar-refractivity contribution is 5.87. The number of carbonyl (C=O) groups is 2. The summed E-state index contributed by atoms with van der Waals surface area (Å²) in [5.74, 6) is -0.227. The zero-order valence-electron chi connectivity index (χ0n) is 13.4. The predicted molar refractivity (Wildman–Crippen MR) is 81.8 cm³/mol. The lowest BCUT2D eigenvalue weighted by molar-refractivity contribution is -0.142. The second-order valence-corrected chi connectivity index (χ2v) is 5.70. The summed E-state index contributed by atoms with van der Waals surface area (Å²) in [6.45, 7) is 8.09. The van der Waals surface area contributed by atoms with Gasteiger partial charge in [-0.15, -0.1) is 0 Å². The maximum atomic E-state index is 11.5. The second-order valence-electron chi connectivity index (χ2n) is 5.70. The van der Waals surface area contributed by atoms with Crippen LogP contribution >= 0.6 is 0 Å². The lowest BCUT2D eigenvalue weighted by Gasteiger charge is -2.17. The molecule has 1 aliphatic rings. The molecular weight excluding hydrogens is 268 g/mol. The van der Waals surface area contributed by atoms with Gasteiger partial charge in [-0.25, -0.2) is 4.79 Å². The third kappa shape index (κ3) is 6.32. The van der Waals surface area contributed by atoms with Gasteiger partial charge < -0.3 is 9.47 Å². The second kappa shape index (κ2) is 9.59. The standard InChI is InChI=1S/C17H28O4/c1-4-6-7-8-9-15-14(12-16(18)21-15)11-10-13(3)17(19)20-5-2/h14-15H,3-12H2,1-2H3/t14-,15+/m0/s1. The van der Waals surface area contributed by atoms with Crippen molar-refractivity contribution < 1.29 is 19.1 Å². The van der Waals surface area contributed by atoms with Crippen LogP contribution in [0.4, 0.5) is 0 Å². The quantitative estimate of drug-likeness (QED) is 0.350. The Morgan fingerprint density at radius 1 is 1.29 bits per heavy atom. The van der Waals surface area contributed by atoms with E-state index in [1.54, 1.807) is 6.92 Å². The molecule has 120 valence electrons. The number of esters is 2. The predicted octanol–water partition coefficient (Wildman–Crippen LogP) is 3.79. The first-order chi connectivity index (χ1) is 10.1. The summed E-state index contributed by atoms with van der Waals surface area (Å²) >= 11 is 0. The van der Waals surface area contributed by atoms with Crippen LogP contribution in [0.1, 0.15) is 65.2 Å². The Balaban J connectivity index is 2.35. The van der Waals surface area contributed by atoms with Crippen LogP contribution in [0.2, 0.25) is 0 Å². The minimum Gasteiger partial charge on any atom is -0.463 e. The molecule has 1 rings (SSSR count). The first-order valence-corrected chi connectivity index (χ1v) is 8.12. The smallest absolute Gasteiger partial charge is 0.333 e. The lowest BCUT2D eigenvalue weighted by atomic mass is 9.91. The van der Waals surface area contributed by atoms with Crippen LogP contribution in [0.3, 0.4) is 0 Å². The molecule has 0 spiro atoms. The van der Waals surface area contributed by atoms with E-state index >= 15 is 0 Å². The zero-order chi connectivity index (χ0) is 15.7. The van der Waals surface area contributed by atoms with Gasteiger partial charge in [0.25, 0.3) is 0 Å².